The topological polar surface area (TPSA) is 42.4 Å². The highest BCUT2D eigenvalue weighted by Crippen LogP contribution is 2.27. The van der Waals surface area contributed by atoms with Crippen molar-refractivity contribution in [2.75, 3.05) is 24.6 Å². The molecule has 0 atom stereocenters. The first kappa shape index (κ1) is 12.6. The van der Waals surface area contributed by atoms with Crippen LogP contribution in [-0.4, -0.2) is 30.6 Å². The van der Waals surface area contributed by atoms with Crippen LogP contribution in [0.1, 0.15) is 26.0 Å². The average molecular weight is 246 g/mol. The van der Waals surface area contributed by atoms with Gasteiger partial charge in [-0.15, -0.1) is 0 Å². The summed E-state index contributed by atoms with van der Waals surface area (Å²) in [5.74, 6) is -0.241. The SMILES string of the molecule is CCCN1CC(C(=O)OCC)=Cc2ncccc21. The Kier molecular flexibility index (Phi) is 3.97. The zero-order valence-corrected chi connectivity index (χ0v) is 10.8. The van der Waals surface area contributed by atoms with Gasteiger partial charge in [-0.3, -0.25) is 4.98 Å². The maximum Gasteiger partial charge on any atom is 0.335 e. The molecule has 0 fully saturated rings. The van der Waals surface area contributed by atoms with E-state index in [1.807, 2.05) is 25.1 Å². The summed E-state index contributed by atoms with van der Waals surface area (Å²) >= 11 is 0. The molecule has 1 aliphatic rings. The Hall–Kier alpha value is -1.84. The maximum absolute atomic E-state index is 11.8. The largest absolute Gasteiger partial charge is 0.463 e. The third kappa shape index (κ3) is 2.53. The molecule has 1 aliphatic heterocycles. The van der Waals surface area contributed by atoms with E-state index < -0.39 is 0 Å². The Bertz CT molecular complexity index is 469. The third-order valence-electron chi connectivity index (χ3n) is 2.86. The molecule has 2 heterocycles. The van der Waals surface area contributed by atoms with Crippen molar-refractivity contribution < 1.29 is 9.53 Å². The van der Waals surface area contributed by atoms with Crippen molar-refractivity contribution >= 4 is 17.7 Å². The van der Waals surface area contributed by atoms with E-state index in [2.05, 4.69) is 16.8 Å². The van der Waals surface area contributed by atoms with E-state index in [0.29, 0.717) is 18.7 Å². The molecule has 0 aliphatic carbocycles. The lowest BCUT2D eigenvalue weighted by Crippen LogP contribution is -2.32. The summed E-state index contributed by atoms with van der Waals surface area (Å²) in [5, 5.41) is 0. The first-order valence-electron chi connectivity index (χ1n) is 6.34. The molecule has 4 nitrogen and oxygen atoms in total. The first-order valence-corrected chi connectivity index (χ1v) is 6.34. The van der Waals surface area contributed by atoms with Crippen molar-refractivity contribution in [1.29, 1.82) is 0 Å². The summed E-state index contributed by atoms with van der Waals surface area (Å²) in [6, 6.07) is 3.96. The minimum Gasteiger partial charge on any atom is -0.463 e. The van der Waals surface area contributed by atoms with Crippen LogP contribution in [0.5, 0.6) is 0 Å². The number of aromatic nitrogens is 1. The number of rotatable bonds is 4. The van der Waals surface area contributed by atoms with Crippen LogP contribution in [0, 0.1) is 0 Å². The highest BCUT2D eigenvalue weighted by Gasteiger charge is 2.22. The van der Waals surface area contributed by atoms with E-state index in [1.165, 1.54) is 0 Å². The number of hydrogen-bond acceptors (Lipinski definition) is 4. The van der Waals surface area contributed by atoms with Crippen LogP contribution in [0.25, 0.3) is 6.08 Å². The smallest absolute Gasteiger partial charge is 0.335 e. The number of nitrogens with zero attached hydrogens (tertiary/aromatic N) is 2. The van der Waals surface area contributed by atoms with Crippen molar-refractivity contribution in [3.8, 4) is 0 Å². The normalized spacial score (nSPS) is 13.9. The number of pyridine rings is 1. The van der Waals surface area contributed by atoms with Crippen LogP contribution in [0.2, 0.25) is 0 Å². The van der Waals surface area contributed by atoms with Gasteiger partial charge in [0.1, 0.15) is 0 Å². The lowest BCUT2D eigenvalue weighted by Gasteiger charge is -2.29. The number of carbonyl (C=O) groups is 1. The fraction of sp³-hybridized carbons (Fsp3) is 0.429. The van der Waals surface area contributed by atoms with Gasteiger partial charge in [-0.2, -0.15) is 0 Å². The molecule has 0 radical (unpaired) electrons. The van der Waals surface area contributed by atoms with Gasteiger partial charge in [0.15, 0.2) is 0 Å². The van der Waals surface area contributed by atoms with Crippen LogP contribution in [-0.2, 0) is 9.53 Å². The van der Waals surface area contributed by atoms with Crippen molar-refractivity contribution in [3.63, 3.8) is 0 Å². The summed E-state index contributed by atoms with van der Waals surface area (Å²) in [7, 11) is 0. The molecule has 0 unspecified atom stereocenters. The Balaban J connectivity index is 2.31. The monoisotopic (exact) mass is 246 g/mol. The highest BCUT2D eigenvalue weighted by atomic mass is 16.5. The van der Waals surface area contributed by atoms with Crippen molar-refractivity contribution in [2.45, 2.75) is 20.3 Å². The first-order chi connectivity index (χ1) is 8.76. The van der Waals surface area contributed by atoms with E-state index in [-0.39, 0.29) is 5.97 Å². The summed E-state index contributed by atoms with van der Waals surface area (Å²) in [4.78, 5) is 18.3. The zero-order valence-electron chi connectivity index (χ0n) is 10.8. The molecule has 4 heteroatoms. The van der Waals surface area contributed by atoms with Crippen molar-refractivity contribution in [1.82, 2.24) is 4.98 Å². The molecule has 1 aromatic heterocycles. The summed E-state index contributed by atoms with van der Waals surface area (Å²) in [6.07, 6.45) is 4.61. The average Bonchev–Trinajstić information content (AvgIpc) is 2.39. The fourth-order valence-corrected chi connectivity index (χ4v) is 2.11. The van der Waals surface area contributed by atoms with Crippen LogP contribution in [0.15, 0.2) is 23.9 Å². The second-order valence-electron chi connectivity index (χ2n) is 4.22. The minimum absolute atomic E-state index is 0.241. The van der Waals surface area contributed by atoms with Gasteiger partial charge in [0.25, 0.3) is 0 Å². The third-order valence-corrected chi connectivity index (χ3v) is 2.86. The second kappa shape index (κ2) is 5.67. The van der Waals surface area contributed by atoms with Gasteiger partial charge < -0.3 is 9.64 Å². The Morgan fingerprint density at radius 3 is 3.06 bits per heavy atom. The number of carbonyl (C=O) groups excluding carboxylic acids is 1. The van der Waals surface area contributed by atoms with Gasteiger partial charge >= 0.3 is 5.97 Å². The summed E-state index contributed by atoms with van der Waals surface area (Å²) < 4.78 is 5.06. The maximum atomic E-state index is 11.8. The van der Waals surface area contributed by atoms with Gasteiger partial charge in [-0.25, -0.2) is 4.79 Å². The molecule has 1 aromatic rings. The van der Waals surface area contributed by atoms with Gasteiger partial charge in [-0.05, 0) is 31.6 Å². The zero-order chi connectivity index (χ0) is 13.0. The van der Waals surface area contributed by atoms with Gasteiger partial charge in [-0.1, -0.05) is 6.92 Å². The molecule has 0 aromatic carbocycles. The summed E-state index contributed by atoms with van der Waals surface area (Å²) in [6.45, 7) is 5.86. The molecule has 96 valence electrons. The van der Waals surface area contributed by atoms with Crippen LogP contribution in [0.3, 0.4) is 0 Å². The van der Waals surface area contributed by atoms with Crippen LogP contribution >= 0.6 is 0 Å². The van der Waals surface area contributed by atoms with Gasteiger partial charge in [0, 0.05) is 12.7 Å². The molecular formula is C14H18N2O2. The Morgan fingerprint density at radius 1 is 1.50 bits per heavy atom. The predicted molar refractivity (Wildman–Crippen MR) is 71.4 cm³/mol. The molecule has 0 amide bonds. The van der Waals surface area contributed by atoms with Crippen LogP contribution < -0.4 is 4.90 Å². The quantitative estimate of drug-likeness (QED) is 0.764. The molecule has 18 heavy (non-hydrogen) atoms. The fourth-order valence-electron chi connectivity index (χ4n) is 2.11. The Labute approximate surface area is 107 Å². The van der Waals surface area contributed by atoms with Crippen LogP contribution in [0.4, 0.5) is 5.69 Å². The number of ether oxygens (including phenoxy) is 1. The standard InChI is InChI=1S/C14H18N2O2/c1-3-8-16-10-11(14(17)18-4-2)9-12-13(16)6-5-7-15-12/h5-7,9H,3-4,8,10H2,1-2H3. The second-order valence-corrected chi connectivity index (χ2v) is 4.22. The lowest BCUT2D eigenvalue weighted by molar-refractivity contribution is -0.138. The number of anilines is 1. The van der Waals surface area contributed by atoms with E-state index >= 15 is 0 Å². The summed E-state index contributed by atoms with van der Waals surface area (Å²) in [5.41, 5.74) is 2.61. The molecular weight excluding hydrogens is 228 g/mol. The molecule has 0 spiro atoms. The highest BCUT2D eigenvalue weighted by molar-refractivity contribution is 5.97. The molecule has 0 bridgehead atoms. The minimum atomic E-state index is -0.241. The molecule has 0 saturated carbocycles. The number of hydrogen-bond donors (Lipinski definition) is 0. The van der Waals surface area contributed by atoms with Gasteiger partial charge in [0.05, 0.1) is 30.1 Å². The number of fused-ring (bicyclic) bond motifs is 1. The molecule has 2 rings (SSSR count). The van der Waals surface area contributed by atoms with E-state index in [9.17, 15) is 4.79 Å². The molecule has 0 saturated heterocycles. The van der Waals surface area contributed by atoms with E-state index in [0.717, 1.165) is 24.3 Å². The Morgan fingerprint density at radius 2 is 2.33 bits per heavy atom. The van der Waals surface area contributed by atoms with Crippen molar-refractivity contribution in [3.05, 3.63) is 29.6 Å². The van der Waals surface area contributed by atoms with E-state index in [4.69, 9.17) is 4.74 Å². The van der Waals surface area contributed by atoms with E-state index in [1.54, 1.807) is 6.20 Å². The van der Waals surface area contributed by atoms with Crippen molar-refractivity contribution in [2.24, 2.45) is 0 Å². The number of esters is 1. The van der Waals surface area contributed by atoms with Gasteiger partial charge in [0.2, 0.25) is 0 Å². The predicted octanol–water partition coefficient (Wildman–Crippen LogP) is 2.26. The molecule has 0 N–H and O–H groups in total. The lowest BCUT2D eigenvalue weighted by atomic mass is 10.1.